The molecule has 1 saturated heterocycles. The van der Waals surface area contributed by atoms with Crippen LogP contribution < -0.4 is 16.4 Å². The maximum atomic E-state index is 12.0. The normalized spacial score (nSPS) is 15.8. The van der Waals surface area contributed by atoms with Crippen molar-refractivity contribution in [3.05, 3.63) is 35.4 Å². The van der Waals surface area contributed by atoms with E-state index in [1.165, 1.54) is 0 Å². The van der Waals surface area contributed by atoms with Crippen molar-refractivity contribution in [1.82, 2.24) is 10.6 Å². The molecule has 1 aromatic rings. The smallest absolute Gasteiger partial charge is 0.248 e. The highest BCUT2D eigenvalue weighted by atomic mass is 16.2. The van der Waals surface area contributed by atoms with Gasteiger partial charge in [0.15, 0.2) is 0 Å². The Bertz CT molecular complexity index is 482. The van der Waals surface area contributed by atoms with Crippen LogP contribution >= 0.6 is 0 Å². The van der Waals surface area contributed by atoms with Crippen molar-refractivity contribution in [3.63, 3.8) is 0 Å². The van der Waals surface area contributed by atoms with Gasteiger partial charge in [-0.2, -0.15) is 0 Å². The van der Waals surface area contributed by atoms with E-state index in [2.05, 4.69) is 10.6 Å². The Hall–Kier alpha value is -1.88. The van der Waals surface area contributed by atoms with Gasteiger partial charge in [-0.3, -0.25) is 9.59 Å². The Balaban J connectivity index is 1.86. The molecule has 5 nitrogen and oxygen atoms in total. The van der Waals surface area contributed by atoms with Crippen LogP contribution in [0.2, 0.25) is 0 Å². The topological polar surface area (TPSA) is 84.2 Å². The standard InChI is InChI=1S/C15H21N3O2/c16-15(20)13-4-2-1-3-12(13)9-14(19)18-10-11-5-7-17-8-6-11/h1-4,11,17H,5-10H2,(H2,16,20)(H,18,19). The van der Waals surface area contributed by atoms with Gasteiger partial charge >= 0.3 is 0 Å². The molecule has 2 amide bonds. The third-order valence-corrected chi connectivity index (χ3v) is 3.68. The van der Waals surface area contributed by atoms with Gasteiger partial charge in [-0.15, -0.1) is 0 Å². The van der Waals surface area contributed by atoms with Crippen molar-refractivity contribution in [1.29, 1.82) is 0 Å². The first-order valence-corrected chi connectivity index (χ1v) is 7.02. The predicted molar refractivity (Wildman–Crippen MR) is 77.3 cm³/mol. The second-order valence-corrected chi connectivity index (χ2v) is 5.20. The van der Waals surface area contributed by atoms with E-state index in [9.17, 15) is 9.59 Å². The van der Waals surface area contributed by atoms with E-state index in [0.29, 0.717) is 23.6 Å². The number of rotatable bonds is 5. The highest BCUT2D eigenvalue weighted by Crippen LogP contribution is 2.11. The maximum absolute atomic E-state index is 12.0. The molecule has 1 aliphatic heterocycles. The van der Waals surface area contributed by atoms with Crippen LogP contribution in [0.1, 0.15) is 28.8 Å². The number of hydrogen-bond acceptors (Lipinski definition) is 3. The Morgan fingerprint density at radius 2 is 1.95 bits per heavy atom. The van der Waals surface area contributed by atoms with Crippen LogP contribution in [0.25, 0.3) is 0 Å². The molecular formula is C15H21N3O2. The number of nitrogens with one attached hydrogen (secondary N) is 2. The van der Waals surface area contributed by atoms with Crippen molar-refractivity contribution in [2.45, 2.75) is 19.3 Å². The monoisotopic (exact) mass is 275 g/mol. The molecule has 0 bridgehead atoms. The van der Waals surface area contributed by atoms with Gasteiger partial charge in [0.05, 0.1) is 6.42 Å². The zero-order valence-corrected chi connectivity index (χ0v) is 11.5. The second-order valence-electron chi connectivity index (χ2n) is 5.20. The van der Waals surface area contributed by atoms with Crippen molar-refractivity contribution in [3.8, 4) is 0 Å². The van der Waals surface area contributed by atoms with Crippen LogP contribution in [-0.2, 0) is 11.2 Å². The first-order chi connectivity index (χ1) is 9.66. The first kappa shape index (κ1) is 14.5. The number of amides is 2. The summed E-state index contributed by atoms with van der Waals surface area (Å²) in [7, 11) is 0. The Morgan fingerprint density at radius 3 is 2.65 bits per heavy atom. The summed E-state index contributed by atoms with van der Waals surface area (Å²) in [5.74, 6) is -0.00410. The fourth-order valence-electron chi connectivity index (χ4n) is 2.49. The minimum absolute atomic E-state index is 0.0581. The molecule has 0 saturated carbocycles. The number of carbonyl (C=O) groups is 2. The second kappa shape index (κ2) is 7.05. The van der Waals surface area contributed by atoms with E-state index >= 15 is 0 Å². The Morgan fingerprint density at radius 1 is 1.25 bits per heavy atom. The molecule has 0 aliphatic carbocycles. The number of piperidine rings is 1. The lowest BCUT2D eigenvalue weighted by atomic mass is 9.98. The van der Waals surface area contributed by atoms with Crippen LogP contribution in [0.15, 0.2) is 24.3 Å². The van der Waals surface area contributed by atoms with Crippen LogP contribution in [0, 0.1) is 5.92 Å². The number of nitrogens with two attached hydrogens (primary N) is 1. The molecule has 1 fully saturated rings. The summed E-state index contributed by atoms with van der Waals surface area (Å²) >= 11 is 0. The minimum Gasteiger partial charge on any atom is -0.366 e. The molecule has 5 heteroatoms. The van der Waals surface area contributed by atoms with Crippen molar-refractivity contribution in [2.75, 3.05) is 19.6 Å². The number of primary amides is 1. The van der Waals surface area contributed by atoms with Crippen molar-refractivity contribution >= 4 is 11.8 Å². The molecule has 0 atom stereocenters. The molecule has 1 aromatic carbocycles. The number of hydrogen-bond donors (Lipinski definition) is 3. The molecule has 108 valence electrons. The van der Waals surface area contributed by atoms with E-state index in [4.69, 9.17) is 5.73 Å². The lowest BCUT2D eigenvalue weighted by Gasteiger charge is -2.22. The van der Waals surface area contributed by atoms with Crippen LogP contribution in [0.4, 0.5) is 0 Å². The fourth-order valence-corrected chi connectivity index (χ4v) is 2.49. The van der Waals surface area contributed by atoms with Crippen molar-refractivity contribution < 1.29 is 9.59 Å². The average molecular weight is 275 g/mol. The summed E-state index contributed by atoms with van der Waals surface area (Å²) in [6.45, 7) is 2.75. The Labute approximate surface area is 118 Å². The minimum atomic E-state index is -0.494. The molecule has 4 N–H and O–H groups in total. The lowest BCUT2D eigenvalue weighted by Crippen LogP contribution is -2.36. The van der Waals surface area contributed by atoms with E-state index in [1.54, 1.807) is 18.2 Å². The number of carbonyl (C=O) groups excluding carboxylic acids is 2. The zero-order chi connectivity index (χ0) is 14.4. The van der Waals surface area contributed by atoms with Gasteiger partial charge in [-0.25, -0.2) is 0 Å². The highest BCUT2D eigenvalue weighted by molar-refractivity contribution is 5.95. The van der Waals surface area contributed by atoms with Crippen molar-refractivity contribution in [2.24, 2.45) is 11.7 Å². The summed E-state index contributed by atoms with van der Waals surface area (Å²) in [6.07, 6.45) is 2.39. The van der Waals surface area contributed by atoms with Gasteiger partial charge in [0.1, 0.15) is 0 Å². The summed E-state index contributed by atoms with van der Waals surface area (Å²) in [4.78, 5) is 23.2. The zero-order valence-electron chi connectivity index (χ0n) is 11.5. The van der Waals surface area contributed by atoms with E-state index < -0.39 is 5.91 Å². The maximum Gasteiger partial charge on any atom is 0.248 e. The van der Waals surface area contributed by atoms with Gasteiger partial charge in [0.2, 0.25) is 11.8 Å². The third kappa shape index (κ3) is 4.06. The van der Waals surface area contributed by atoms with Crippen LogP contribution in [-0.4, -0.2) is 31.4 Å². The summed E-state index contributed by atoms with van der Waals surface area (Å²) < 4.78 is 0. The van der Waals surface area contributed by atoms with Gasteiger partial charge in [0.25, 0.3) is 0 Å². The molecule has 0 radical (unpaired) electrons. The van der Waals surface area contributed by atoms with E-state index in [-0.39, 0.29) is 12.3 Å². The molecule has 1 aliphatic rings. The third-order valence-electron chi connectivity index (χ3n) is 3.68. The van der Waals surface area contributed by atoms with Gasteiger partial charge in [-0.1, -0.05) is 18.2 Å². The summed E-state index contributed by atoms with van der Waals surface area (Å²) in [5.41, 5.74) is 6.41. The quantitative estimate of drug-likeness (QED) is 0.729. The summed E-state index contributed by atoms with van der Waals surface area (Å²) in [6, 6.07) is 6.97. The van der Waals surface area contributed by atoms with Gasteiger partial charge < -0.3 is 16.4 Å². The highest BCUT2D eigenvalue weighted by Gasteiger charge is 2.15. The molecule has 0 unspecified atom stereocenters. The van der Waals surface area contributed by atoms with Crippen LogP contribution in [0.3, 0.4) is 0 Å². The summed E-state index contributed by atoms with van der Waals surface area (Å²) in [5, 5.41) is 6.25. The molecule has 2 rings (SSSR count). The lowest BCUT2D eigenvalue weighted by molar-refractivity contribution is -0.120. The first-order valence-electron chi connectivity index (χ1n) is 7.02. The molecule has 0 aromatic heterocycles. The Kier molecular flexibility index (Phi) is 5.12. The van der Waals surface area contributed by atoms with E-state index in [0.717, 1.165) is 25.9 Å². The number of benzene rings is 1. The predicted octanol–water partition coefficient (Wildman–Crippen LogP) is 0.444. The fraction of sp³-hybridized carbons (Fsp3) is 0.467. The van der Waals surface area contributed by atoms with Crippen LogP contribution in [0.5, 0.6) is 0 Å². The molecule has 20 heavy (non-hydrogen) atoms. The molecular weight excluding hydrogens is 254 g/mol. The van der Waals surface area contributed by atoms with Gasteiger partial charge in [0, 0.05) is 12.1 Å². The van der Waals surface area contributed by atoms with Gasteiger partial charge in [-0.05, 0) is 43.5 Å². The average Bonchev–Trinajstić information content (AvgIpc) is 2.46. The molecule has 0 spiro atoms. The molecule has 1 heterocycles. The SMILES string of the molecule is NC(=O)c1ccccc1CC(=O)NCC1CCNCC1. The van der Waals surface area contributed by atoms with E-state index in [1.807, 2.05) is 6.07 Å². The largest absolute Gasteiger partial charge is 0.366 e.